The van der Waals surface area contributed by atoms with Gasteiger partial charge in [0.1, 0.15) is 0 Å². The van der Waals surface area contributed by atoms with Crippen molar-refractivity contribution in [2.24, 2.45) is 0 Å². The van der Waals surface area contributed by atoms with Gasteiger partial charge in [-0.2, -0.15) is 0 Å². The molecule has 0 unspecified atom stereocenters. The van der Waals surface area contributed by atoms with Crippen molar-refractivity contribution in [3.63, 3.8) is 0 Å². The number of hydrogen-bond acceptors (Lipinski definition) is 0. The molecular weight excluding hydrogens is 355 g/mol. The van der Waals surface area contributed by atoms with Crippen LogP contribution in [0.4, 0.5) is 0 Å². The Kier molecular flexibility index (Phi) is 3.88. The number of rotatable bonds is 3. The van der Waals surface area contributed by atoms with Gasteiger partial charge in [0.2, 0.25) is 0 Å². The first-order valence-electron chi connectivity index (χ1n) is 6.68. The van der Waals surface area contributed by atoms with Gasteiger partial charge in [0.05, 0.1) is 0 Å². The summed E-state index contributed by atoms with van der Waals surface area (Å²) in [6, 6.07) is 33.0. The molecule has 3 aromatic carbocycles. The minimum atomic E-state index is -2.40. The van der Waals surface area contributed by atoms with Crippen LogP contribution in [0.1, 0.15) is 0 Å². The summed E-state index contributed by atoms with van der Waals surface area (Å²) in [4.78, 5) is 2.48. The van der Waals surface area contributed by atoms with Crippen molar-refractivity contribution in [1.82, 2.24) is 0 Å². The maximum absolute atomic E-state index is 2.48. The van der Waals surface area contributed by atoms with Gasteiger partial charge < -0.3 is 0 Å². The Labute approximate surface area is 125 Å². The van der Waals surface area contributed by atoms with Crippen LogP contribution in [0.5, 0.6) is 0 Å². The van der Waals surface area contributed by atoms with Gasteiger partial charge in [0, 0.05) is 0 Å². The predicted molar refractivity (Wildman–Crippen MR) is 81.3 cm³/mol. The second kappa shape index (κ2) is 5.80. The minimum absolute atomic E-state index is 1.50. The molecule has 0 atom stereocenters. The molecule has 0 spiro atoms. The average molecular weight is 373 g/mol. The number of halogens is 1. The molecule has 1 heteroatoms. The Balaban J connectivity index is 2.24. The molecule has 0 saturated carbocycles. The fraction of sp³-hybridized carbons (Fsp3) is 0.0526. The molecular formula is C19H18I-. The fourth-order valence-corrected chi connectivity index (χ4v) is 10.1. The summed E-state index contributed by atoms with van der Waals surface area (Å²) >= 11 is -2.40. The fourth-order valence-electron chi connectivity index (χ4n) is 2.38. The molecule has 102 valence electrons. The Morgan fingerprint density at radius 1 is 0.450 bits per heavy atom. The Hall–Kier alpha value is -1.61. The van der Waals surface area contributed by atoms with Crippen LogP contribution < -0.4 is 18.4 Å². The van der Waals surface area contributed by atoms with Crippen LogP contribution in [-0.4, -0.2) is 4.93 Å². The van der Waals surface area contributed by atoms with Gasteiger partial charge in [-0.25, -0.2) is 0 Å². The third-order valence-electron chi connectivity index (χ3n) is 3.51. The van der Waals surface area contributed by atoms with Crippen LogP contribution in [0.25, 0.3) is 0 Å². The number of benzene rings is 3. The number of alkyl halides is 1. The molecule has 0 aliphatic carbocycles. The Bertz CT molecular complexity index is 563. The van der Waals surface area contributed by atoms with E-state index >= 15 is 0 Å². The van der Waals surface area contributed by atoms with Crippen LogP contribution >= 0.6 is 0 Å². The molecule has 0 bridgehead atoms. The van der Waals surface area contributed by atoms with Gasteiger partial charge in [0.15, 0.2) is 0 Å². The summed E-state index contributed by atoms with van der Waals surface area (Å²) in [5.41, 5.74) is 0. The van der Waals surface area contributed by atoms with E-state index in [4.69, 9.17) is 0 Å². The summed E-state index contributed by atoms with van der Waals surface area (Å²) in [5.74, 6) is 0. The SMILES string of the molecule is C[I-](c1ccccc1)(c1ccccc1)c1ccccc1. The molecule has 0 amide bonds. The van der Waals surface area contributed by atoms with Crippen molar-refractivity contribution in [1.29, 1.82) is 0 Å². The first-order valence-corrected chi connectivity index (χ1v) is 12.1. The van der Waals surface area contributed by atoms with Crippen LogP contribution in [0.3, 0.4) is 0 Å². The summed E-state index contributed by atoms with van der Waals surface area (Å²) in [6.07, 6.45) is 0. The zero-order valence-electron chi connectivity index (χ0n) is 11.5. The van der Waals surface area contributed by atoms with Gasteiger partial charge >= 0.3 is 125 Å². The zero-order valence-corrected chi connectivity index (χ0v) is 13.7. The Morgan fingerprint density at radius 2 is 0.700 bits per heavy atom. The van der Waals surface area contributed by atoms with E-state index in [-0.39, 0.29) is 0 Å². The first kappa shape index (κ1) is 13.4. The van der Waals surface area contributed by atoms with E-state index in [1.165, 1.54) is 10.7 Å². The first-order chi connectivity index (χ1) is 9.82. The topological polar surface area (TPSA) is 0 Å². The predicted octanol–water partition coefficient (Wildman–Crippen LogP) is 1.39. The molecule has 0 aromatic heterocycles. The monoisotopic (exact) mass is 373 g/mol. The van der Waals surface area contributed by atoms with E-state index in [0.29, 0.717) is 0 Å². The van der Waals surface area contributed by atoms with Crippen molar-refractivity contribution < 1.29 is 18.4 Å². The summed E-state index contributed by atoms with van der Waals surface area (Å²) in [7, 11) is 0. The van der Waals surface area contributed by atoms with Crippen molar-refractivity contribution in [3.05, 3.63) is 102 Å². The molecule has 0 aliphatic rings. The Morgan fingerprint density at radius 3 is 0.950 bits per heavy atom. The number of hydrogen-bond donors (Lipinski definition) is 0. The van der Waals surface area contributed by atoms with Gasteiger partial charge in [-0.05, 0) is 0 Å². The molecule has 3 aromatic rings. The molecule has 0 aliphatic heterocycles. The van der Waals surface area contributed by atoms with Gasteiger partial charge in [-0.3, -0.25) is 0 Å². The standard InChI is InChI=1S/C19H18I/c1-20(17-11-5-2-6-12-17,18-13-7-3-8-14-18)19-15-9-4-10-16-19/h2-16H,1H3/q-1. The van der Waals surface area contributed by atoms with Crippen molar-refractivity contribution in [2.45, 2.75) is 0 Å². The third-order valence-corrected chi connectivity index (χ3v) is 13.1. The van der Waals surface area contributed by atoms with E-state index in [1.807, 2.05) is 0 Å². The summed E-state index contributed by atoms with van der Waals surface area (Å²) < 4.78 is 4.49. The van der Waals surface area contributed by atoms with E-state index in [0.717, 1.165) is 0 Å². The molecule has 0 nitrogen and oxygen atoms in total. The zero-order chi connectivity index (χ0) is 13.8. The van der Waals surface area contributed by atoms with Crippen LogP contribution in [0.2, 0.25) is 0 Å². The molecule has 0 N–H and O–H groups in total. The molecule has 0 radical (unpaired) electrons. The quantitative estimate of drug-likeness (QED) is 0.481. The van der Waals surface area contributed by atoms with Gasteiger partial charge in [0.25, 0.3) is 0 Å². The van der Waals surface area contributed by atoms with E-state index in [1.54, 1.807) is 0 Å². The van der Waals surface area contributed by atoms with Crippen molar-refractivity contribution in [3.8, 4) is 0 Å². The van der Waals surface area contributed by atoms with E-state index in [9.17, 15) is 0 Å². The molecule has 0 saturated heterocycles. The average Bonchev–Trinajstić information content (AvgIpc) is 2.56. The second-order valence-electron chi connectivity index (χ2n) is 4.74. The summed E-state index contributed by atoms with van der Waals surface area (Å²) in [6.45, 7) is 0. The summed E-state index contributed by atoms with van der Waals surface area (Å²) in [5, 5.41) is 0. The van der Waals surface area contributed by atoms with Crippen molar-refractivity contribution >= 4 is 0 Å². The van der Waals surface area contributed by atoms with Gasteiger partial charge in [-0.1, -0.05) is 0 Å². The van der Waals surface area contributed by atoms with Crippen LogP contribution in [-0.2, 0) is 0 Å². The van der Waals surface area contributed by atoms with Crippen LogP contribution in [0, 0.1) is 10.7 Å². The second-order valence-corrected chi connectivity index (χ2v) is 13.3. The molecule has 20 heavy (non-hydrogen) atoms. The maximum atomic E-state index is 2.48. The van der Waals surface area contributed by atoms with Gasteiger partial charge in [-0.15, -0.1) is 0 Å². The van der Waals surface area contributed by atoms with Crippen LogP contribution in [0.15, 0.2) is 91.0 Å². The van der Waals surface area contributed by atoms with Crippen molar-refractivity contribution in [2.75, 3.05) is 4.93 Å². The normalized spacial score (nSPS) is 12.1. The van der Waals surface area contributed by atoms with E-state index in [2.05, 4.69) is 95.9 Å². The molecule has 3 rings (SSSR count). The van der Waals surface area contributed by atoms with E-state index < -0.39 is 18.4 Å². The molecule has 0 heterocycles. The third kappa shape index (κ3) is 2.38. The molecule has 0 fully saturated rings.